The molecule has 5 nitrogen and oxygen atoms in total. The highest BCUT2D eigenvalue weighted by Gasteiger charge is 2.27. The number of carbonyl (C=O) groups is 1. The summed E-state index contributed by atoms with van der Waals surface area (Å²) in [7, 11) is 0. The Morgan fingerprint density at radius 1 is 1.60 bits per heavy atom. The van der Waals surface area contributed by atoms with Crippen molar-refractivity contribution in [3.63, 3.8) is 0 Å². The van der Waals surface area contributed by atoms with Crippen LogP contribution in [0.25, 0.3) is 0 Å². The maximum atomic E-state index is 10.7. The van der Waals surface area contributed by atoms with Crippen molar-refractivity contribution in [1.82, 2.24) is 9.97 Å². The van der Waals surface area contributed by atoms with Gasteiger partial charge in [0.15, 0.2) is 0 Å². The van der Waals surface area contributed by atoms with Crippen LogP contribution in [0.2, 0.25) is 0 Å². The number of hydrogen-bond acceptors (Lipinski definition) is 4. The first-order valence-corrected chi connectivity index (χ1v) is 5.02. The summed E-state index contributed by atoms with van der Waals surface area (Å²) >= 11 is 0. The molecule has 1 aliphatic rings. The van der Waals surface area contributed by atoms with Crippen molar-refractivity contribution in [3.05, 3.63) is 18.6 Å². The van der Waals surface area contributed by atoms with Gasteiger partial charge >= 0.3 is 5.97 Å². The van der Waals surface area contributed by atoms with Gasteiger partial charge in [-0.05, 0) is 12.8 Å². The fraction of sp³-hybridized carbons (Fsp3) is 0.500. The summed E-state index contributed by atoms with van der Waals surface area (Å²) in [6.07, 6.45) is 7.05. The Labute approximate surface area is 87.8 Å². The van der Waals surface area contributed by atoms with E-state index in [1.807, 2.05) is 4.90 Å². The van der Waals surface area contributed by atoms with Crippen LogP contribution in [0.1, 0.15) is 19.3 Å². The van der Waals surface area contributed by atoms with Crippen LogP contribution in [-0.4, -0.2) is 33.6 Å². The smallest absolute Gasteiger partial charge is 0.305 e. The molecule has 1 aliphatic heterocycles. The summed E-state index contributed by atoms with van der Waals surface area (Å²) in [6, 6.07) is 0.0687. The first-order chi connectivity index (χ1) is 7.27. The van der Waals surface area contributed by atoms with E-state index in [4.69, 9.17) is 5.11 Å². The largest absolute Gasteiger partial charge is 0.481 e. The maximum Gasteiger partial charge on any atom is 0.305 e. The first kappa shape index (κ1) is 9.89. The zero-order valence-electron chi connectivity index (χ0n) is 8.33. The minimum absolute atomic E-state index is 0.0687. The van der Waals surface area contributed by atoms with Crippen molar-refractivity contribution < 1.29 is 9.90 Å². The van der Waals surface area contributed by atoms with Gasteiger partial charge in [0.2, 0.25) is 0 Å². The Balaban J connectivity index is 2.11. The molecule has 0 aromatic carbocycles. The average molecular weight is 207 g/mol. The second-order valence-electron chi connectivity index (χ2n) is 3.65. The van der Waals surface area contributed by atoms with Crippen LogP contribution < -0.4 is 4.90 Å². The van der Waals surface area contributed by atoms with Gasteiger partial charge in [-0.1, -0.05) is 0 Å². The van der Waals surface area contributed by atoms with Crippen LogP contribution in [0.5, 0.6) is 0 Å². The number of nitrogens with zero attached hydrogens (tertiary/aromatic N) is 3. The molecule has 0 radical (unpaired) electrons. The quantitative estimate of drug-likeness (QED) is 0.798. The molecule has 0 aliphatic carbocycles. The average Bonchev–Trinajstić information content (AvgIpc) is 2.66. The Kier molecular flexibility index (Phi) is 2.80. The normalized spacial score (nSPS) is 20.5. The van der Waals surface area contributed by atoms with Crippen molar-refractivity contribution in [1.29, 1.82) is 0 Å². The summed E-state index contributed by atoms with van der Waals surface area (Å²) in [4.78, 5) is 20.9. The maximum absolute atomic E-state index is 10.7. The number of aromatic nitrogens is 2. The Bertz CT molecular complexity index is 342. The molecule has 0 amide bonds. The van der Waals surface area contributed by atoms with E-state index >= 15 is 0 Å². The summed E-state index contributed by atoms with van der Waals surface area (Å²) in [5, 5.41) is 8.78. The van der Waals surface area contributed by atoms with Gasteiger partial charge in [0.1, 0.15) is 5.82 Å². The minimum atomic E-state index is -0.754. The van der Waals surface area contributed by atoms with Gasteiger partial charge in [-0.2, -0.15) is 0 Å². The topological polar surface area (TPSA) is 66.3 Å². The molecular weight excluding hydrogens is 194 g/mol. The summed E-state index contributed by atoms with van der Waals surface area (Å²) in [5.74, 6) is 0.0250. The van der Waals surface area contributed by atoms with Crippen molar-refractivity contribution in [2.75, 3.05) is 11.4 Å². The number of anilines is 1. The van der Waals surface area contributed by atoms with Gasteiger partial charge in [-0.15, -0.1) is 0 Å². The number of carboxylic acid groups (broad SMARTS) is 1. The third kappa shape index (κ3) is 2.23. The predicted molar refractivity (Wildman–Crippen MR) is 54.7 cm³/mol. The SMILES string of the molecule is O=C(O)CC1CCCN1c1cnccn1. The highest BCUT2D eigenvalue weighted by atomic mass is 16.4. The molecule has 1 saturated heterocycles. The van der Waals surface area contributed by atoms with Crippen molar-refractivity contribution in [2.45, 2.75) is 25.3 Å². The zero-order valence-corrected chi connectivity index (χ0v) is 8.33. The number of hydrogen-bond donors (Lipinski definition) is 1. The van der Waals surface area contributed by atoms with Crippen LogP contribution in [-0.2, 0) is 4.79 Å². The zero-order chi connectivity index (χ0) is 10.7. The standard InChI is InChI=1S/C10H13N3O2/c14-10(15)6-8-2-1-5-13(8)9-7-11-3-4-12-9/h3-4,7-8H,1-2,5-6H2,(H,14,15). The molecule has 0 bridgehead atoms. The monoisotopic (exact) mass is 207 g/mol. The minimum Gasteiger partial charge on any atom is -0.481 e. The molecule has 2 rings (SSSR count). The van der Waals surface area contributed by atoms with E-state index in [0.29, 0.717) is 0 Å². The number of aliphatic carboxylic acids is 1. The van der Waals surface area contributed by atoms with Gasteiger partial charge < -0.3 is 10.0 Å². The van der Waals surface area contributed by atoms with Crippen molar-refractivity contribution >= 4 is 11.8 Å². The molecule has 1 atom stereocenters. The fourth-order valence-corrected chi connectivity index (χ4v) is 1.99. The van der Waals surface area contributed by atoms with Gasteiger partial charge in [0.05, 0.1) is 12.6 Å². The molecule has 1 N–H and O–H groups in total. The van der Waals surface area contributed by atoms with E-state index in [-0.39, 0.29) is 12.5 Å². The fourth-order valence-electron chi connectivity index (χ4n) is 1.99. The Morgan fingerprint density at radius 3 is 3.13 bits per heavy atom. The molecule has 1 aromatic rings. The lowest BCUT2D eigenvalue weighted by Gasteiger charge is -2.23. The van der Waals surface area contributed by atoms with Gasteiger partial charge in [-0.25, -0.2) is 4.98 Å². The molecule has 1 unspecified atom stereocenters. The van der Waals surface area contributed by atoms with E-state index in [1.54, 1.807) is 18.6 Å². The Morgan fingerprint density at radius 2 is 2.47 bits per heavy atom. The van der Waals surface area contributed by atoms with E-state index in [2.05, 4.69) is 9.97 Å². The predicted octanol–water partition coefficient (Wildman–Crippen LogP) is 0.920. The van der Waals surface area contributed by atoms with Gasteiger partial charge in [-0.3, -0.25) is 9.78 Å². The molecular formula is C10H13N3O2. The summed E-state index contributed by atoms with van der Waals surface area (Å²) in [6.45, 7) is 0.872. The molecule has 80 valence electrons. The second kappa shape index (κ2) is 4.25. The number of rotatable bonds is 3. The molecule has 1 fully saturated rings. The van der Waals surface area contributed by atoms with E-state index in [1.165, 1.54) is 0 Å². The lowest BCUT2D eigenvalue weighted by Crippen LogP contribution is -2.31. The molecule has 1 aromatic heterocycles. The van der Waals surface area contributed by atoms with Gasteiger partial charge in [0, 0.05) is 25.0 Å². The molecule has 15 heavy (non-hydrogen) atoms. The van der Waals surface area contributed by atoms with E-state index < -0.39 is 5.97 Å². The molecule has 2 heterocycles. The molecule has 0 saturated carbocycles. The Hall–Kier alpha value is -1.65. The van der Waals surface area contributed by atoms with E-state index in [9.17, 15) is 4.79 Å². The first-order valence-electron chi connectivity index (χ1n) is 5.02. The van der Waals surface area contributed by atoms with Crippen molar-refractivity contribution in [2.24, 2.45) is 0 Å². The van der Waals surface area contributed by atoms with Crippen LogP contribution in [0, 0.1) is 0 Å². The second-order valence-corrected chi connectivity index (χ2v) is 3.65. The lowest BCUT2D eigenvalue weighted by atomic mass is 10.1. The van der Waals surface area contributed by atoms with Crippen LogP contribution in [0.4, 0.5) is 5.82 Å². The third-order valence-electron chi connectivity index (χ3n) is 2.63. The molecule has 5 heteroatoms. The summed E-state index contributed by atoms with van der Waals surface area (Å²) in [5.41, 5.74) is 0. The van der Waals surface area contributed by atoms with Crippen LogP contribution in [0.3, 0.4) is 0 Å². The van der Waals surface area contributed by atoms with Gasteiger partial charge in [0.25, 0.3) is 0 Å². The lowest BCUT2D eigenvalue weighted by molar-refractivity contribution is -0.137. The summed E-state index contributed by atoms with van der Waals surface area (Å²) < 4.78 is 0. The highest BCUT2D eigenvalue weighted by Crippen LogP contribution is 2.24. The van der Waals surface area contributed by atoms with Crippen LogP contribution >= 0.6 is 0 Å². The number of carboxylic acids is 1. The van der Waals surface area contributed by atoms with Crippen molar-refractivity contribution in [3.8, 4) is 0 Å². The van der Waals surface area contributed by atoms with E-state index in [0.717, 1.165) is 25.2 Å². The van der Waals surface area contributed by atoms with Crippen LogP contribution in [0.15, 0.2) is 18.6 Å². The third-order valence-corrected chi connectivity index (χ3v) is 2.63. The highest BCUT2D eigenvalue weighted by molar-refractivity contribution is 5.68. The molecule has 0 spiro atoms.